The van der Waals surface area contributed by atoms with E-state index in [1.54, 1.807) is 29.1 Å². The second-order valence-electron chi connectivity index (χ2n) is 18.1. The number of para-hydroxylation sites is 1. The van der Waals surface area contributed by atoms with Gasteiger partial charge < -0.3 is 50.8 Å². The van der Waals surface area contributed by atoms with E-state index in [1.165, 1.54) is 4.68 Å². The Kier molecular flexibility index (Phi) is 14.1. The van der Waals surface area contributed by atoms with Crippen molar-refractivity contribution in [3.63, 3.8) is 0 Å². The molecule has 0 unspecified atom stereocenters. The number of aromatic nitrogens is 6. The van der Waals surface area contributed by atoms with Gasteiger partial charge in [-0.15, -0.1) is 5.10 Å². The van der Waals surface area contributed by atoms with Crippen LogP contribution in [0.2, 0.25) is 0 Å². The normalized spacial score (nSPS) is 19.9. The van der Waals surface area contributed by atoms with Crippen LogP contribution in [0.5, 0.6) is 5.75 Å². The molecule has 6 atom stereocenters. The minimum atomic E-state index is -4.67. The number of halogens is 3. The monoisotopic (exact) mass is 941 g/mol. The topological polar surface area (TPSA) is 245 Å². The number of carboxylic acids is 1. The highest BCUT2D eigenvalue weighted by atomic mass is 19.4. The molecule has 1 saturated heterocycles. The Balaban J connectivity index is 0.834. The molecule has 360 valence electrons. The fourth-order valence-corrected chi connectivity index (χ4v) is 8.62. The number of aromatic carboxylic acids is 1. The number of alkyl halides is 3. The first-order chi connectivity index (χ1) is 32.4. The van der Waals surface area contributed by atoms with Gasteiger partial charge in [0.1, 0.15) is 36.4 Å². The van der Waals surface area contributed by atoms with Gasteiger partial charge in [0.2, 0.25) is 11.9 Å². The number of amides is 1. The molecule has 2 aliphatic heterocycles. The van der Waals surface area contributed by atoms with Gasteiger partial charge in [-0.1, -0.05) is 55.8 Å². The molecule has 1 amide bonds. The first kappa shape index (κ1) is 48.0. The van der Waals surface area contributed by atoms with E-state index in [1.807, 2.05) is 56.3 Å². The van der Waals surface area contributed by atoms with Gasteiger partial charge >= 0.3 is 12.1 Å². The Labute approximate surface area is 389 Å². The second kappa shape index (κ2) is 20.0. The van der Waals surface area contributed by atoms with E-state index in [9.17, 15) is 43.2 Å². The van der Waals surface area contributed by atoms with Crippen LogP contribution in [0.25, 0.3) is 22.0 Å². The van der Waals surface area contributed by atoms with Gasteiger partial charge in [-0.2, -0.15) is 13.2 Å². The quantitative estimate of drug-likeness (QED) is 0.0539. The largest absolute Gasteiger partial charge is 0.491 e. The summed E-state index contributed by atoms with van der Waals surface area (Å²) >= 11 is 0. The van der Waals surface area contributed by atoms with E-state index >= 15 is 0 Å². The fraction of sp³-hybridized carbons (Fsp3) is 0.417. The first-order valence-electron chi connectivity index (χ1n) is 22.4. The lowest BCUT2D eigenvalue weighted by atomic mass is 9.81. The number of carbonyl (C=O) groups excluding carboxylic acids is 1. The van der Waals surface area contributed by atoms with Gasteiger partial charge in [-0.25, -0.2) is 19.4 Å². The lowest BCUT2D eigenvalue weighted by Crippen LogP contribution is -2.56. The number of ether oxygens (including phenoxy) is 2. The second-order valence-corrected chi connectivity index (χ2v) is 18.1. The zero-order valence-corrected chi connectivity index (χ0v) is 37.4. The lowest BCUT2D eigenvalue weighted by Gasteiger charge is -2.37. The molecular formula is C48H54F3N9O8. The highest BCUT2D eigenvalue weighted by Gasteiger charge is 2.40. The number of nitrogens with two attached hydrogens (primary N) is 1. The molecule has 8 rings (SSSR count). The zero-order valence-electron chi connectivity index (χ0n) is 37.4. The summed E-state index contributed by atoms with van der Waals surface area (Å²) in [6.45, 7) is 4.80. The molecule has 20 heteroatoms. The Morgan fingerprint density at radius 3 is 2.60 bits per heavy atom. The summed E-state index contributed by atoms with van der Waals surface area (Å²) in [5.74, 6) is -0.781. The smallest absolute Gasteiger partial charge is 0.433 e. The molecule has 0 spiro atoms. The number of carboxylic acid groups (broad SMARTS) is 1. The number of unbranched alkanes of at least 4 members (excludes halogenated alkanes) is 2. The molecule has 68 heavy (non-hydrogen) atoms. The molecule has 2 aliphatic rings. The van der Waals surface area contributed by atoms with Gasteiger partial charge in [0.15, 0.2) is 0 Å². The molecule has 0 bridgehead atoms. The van der Waals surface area contributed by atoms with Crippen molar-refractivity contribution >= 4 is 28.7 Å². The number of nitrogens with one attached hydrogen (secondary N) is 2. The third-order valence-corrected chi connectivity index (χ3v) is 12.6. The fourth-order valence-electron chi connectivity index (χ4n) is 8.62. The predicted octanol–water partition coefficient (Wildman–Crippen LogP) is 5.33. The van der Waals surface area contributed by atoms with Crippen molar-refractivity contribution in [1.82, 2.24) is 34.8 Å². The summed E-state index contributed by atoms with van der Waals surface area (Å²) in [6.07, 6.45) is -1.89. The van der Waals surface area contributed by atoms with Gasteiger partial charge in [-0.05, 0) is 77.9 Å². The van der Waals surface area contributed by atoms with Crippen molar-refractivity contribution in [3.8, 4) is 16.9 Å². The van der Waals surface area contributed by atoms with Crippen molar-refractivity contribution in [2.24, 2.45) is 5.73 Å². The maximum absolute atomic E-state index is 13.2. The average molecular weight is 942 g/mol. The Hall–Kier alpha value is -6.45. The lowest BCUT2D eigenvalue weighted by molar-refractivity contribution is -0.145. The highest BCUT2D eigenvalue weighted by Crippen LogP contribution is 2.38. The summed E-state index contributed by atoms with van der Waals surface area (Å²) in [5, 5.41) is 58.0. The van der Waals surface area contributed by atoms with Crippen LogP contribution in [0.15, 0.2) is 85.3 Å². The molecule has 6 aromatic rings. The van der Waals surface area contributed by atoms with Gasteiger partial charge in [0.05, 0.1) is 54.7 Å². The minimum absolute atomic E-state index is 0.0689. The molecule has 1 fully saturated rings. The molecule has 3 aromatic heterocycles. The van der Waals surface area contributed by atoms with E-state index in [2.05, 4.69) is 37.0 Å². The number of hydrogen-bond acceptors (Lipinski definition) is 13. The van der Waals surface area contributed by atoms with Crippen molar-refractivity contribution < 1.29 is 52.7 Å². The predicted molar refractivity (Wildman–Crippen MR) is 243 cm³/mol. The van der Waals surface area contributed by atoms with Crippen LogP contribution in [0.1, 0.15) is 90.1 Å². The van der Waals surface area contributed by atoms with Crippen LogP contribution in [0, 0.1) is 0 Å². The zero-order chi connectivity index (χ0) is 48.3. The maximum atomic E-state index is 13.2. The number of benzene rings is 3. The molecule has 3 aromatic carbocycles. The average Bonchev–Trinajstić information content (AvgIpc) is 4.05. The number of aliphatic hydroxyl groups excluding tert-OH is 3. The maximum Gasteiger partial charge on any atom is 0.433 e. The molecular weight excluding hydrogens is 888 g/mol. The summed E-state index contributed by atoms with van der Waals surface area (Å²) in [4.78, 5) is 32.5. The van der Waals surface area contributed by atoms with Crippen LogP contribution >= 0.6 is 0 Å². The summed E-state index contributed by atoms with van der Waals surface area (Å²) in [7, 11) is 0. The van der Waals surface area contributed by atoms with E-state index in [-0.39, 0.29) is 43.2 Å². The van der Waals surface area contributed by atoms with Gasteiger partial charge in [0.25, 0.3) is 0 Å². The molecule has 17 nitrogen and oxygen atoms in total. The molecule has 5 heterocycles. The Morgan fingerprint density at radius 1 is 0.985 bits per heavy atom. The number of anilines is 1. The number of aliphatic hydroxyl groups is 3. The van der Waals surface area contributed by atoms with E-state index in [0.717, 1.165) is 58.5 Å². The van der Waals surface area contributed by atoms with Crippen LogP contribution in [0.3, 0.4) is 0 Å². The van der Waals surface area contributed by atoms with Crippen molar-refractivity contribution in [1.29, 1.82) is 0 Å². The number of nitrogens with zero attached hydrogens (tertiary/aromatic N) is 6. The number of fused-ring (bicyclic) bond motifs is 2. The van der Waals surface area contributed by atoms with Crippen LogP contribution in [-0.4, -0.2) is 106 Å². The summed E-state index contributed by atoms with van der Waals surface area (Å²) in [6, 6.07) is 18.2. The van der Waals surface area contributed by atoms with Crippen molar-refractivity contribution in [2.45, 2.75) is 107 Å². The summed E-state index contributed by atoms with van der Waals surface area (Å²) < 4.78 is 54.0. The first-order valence-corrected chi connectivity index (χ1v) is 22.4. The van der Waals surface area contributed by atoms with Crippen molar-refractivity contribution in [3.05, 3.63) is 119 Å². The highest BCUT2D eigenvalue weighted by molar-refractivity contribution is 6.02. The molecule has 8 N–H and O–H groups in total. The van der Waals surface area contributed by atoms with E-state index < -0.39 is 53.7 Å². The minimum Gasteiger partial charge on any atom is -0.491 e. The summed E-state index contributed by atoms with van der Waals surface area (Å²) in [5.41, 5.74) is 10.1. The molecule has 0 aliphatic carbocycles. The number of rotatable bonds is 18. The molecule has 0 radical (unpaired) electrons. The Morgan fingerprint density at radius 2 is 1.81 bits per heavy atom. The number of hydrogen-bond donors (Lipinski definition) is 7. The van der Waals surface area contributed by atoms with Crippen LogP contribution in [0.4, 0.5) is 19.1 Å². The number of aryl methyl sites for hydroxylation is 1. The van der Waals surface area contributed by atoms with E-state index in [0.29, 0.717) is 49.2 Å². The third-order valence-electron chi connectivity index (χ3n) is 12.6. The van der Waals surface area contributed by atoms with Gasteiger partial charge in [-0.3, -0.25) is 4.79 Å². The van der Waals surface area contributed by atoms with E-state index in [4.69, 9.17) is 15.2 Å². The van der Waals surface area contributed by atoms with Crippen LogP contribution in [-0.2, 0) is 40.6 Å². The van der Waals surface area contributed by atoms with Gasteiger partial charge in [0, 0.05) is 47.9 Å². The van der Waals surface area contributed by atoms with Crippen LogP contribution < -0.4 is 21.1 Å². The molecule has 0 saturated carbocycles. The number of carbonyl (C=O) groups is 2. The SMILES string of the molecule is CC(C)(CNC(=O)CCCCCc1cn(C[C@H]2OC[C@H](Nc3nccc(C(F)(F)F)n3)[C@@H](O)[C@H]2O)nn1)c1cc(-c2ccc3c(c2)[C@H](N)CO3)cc([C@H](O)Cn2ccc3cccc(C(=O)O)c32)c1. The van der Waals surface area contributed by atoms with Crippen molar-refractivity contribution in [2.75, 3.05) is 25.1 Å². The standard InChI is InChI=1S/C48H54F3N9O8/c1-47(2,31-18-29(28-11-12-38-34(20-28)35(52)24-67-38)17-30(19-31)37(61)22-59-16-14-27-7-6-9-33(42(27)59)45(65)66)26-54-41(62)10-5-3-4-8-32-21-60(58-57-32)23-39-44(64)43(63)36(25-68-39)55-46-53-15-13-40(56-46)48(49,50)51/h6-7,9,11-21,35-37,39,43-44,61,63-64H,3-5,8,10,22-26,52H2,1-2H3,(H,54,62)(H,65,66)(H,53,55,56)/t35-,36+,37-,39-,43-,44+/m1/s1. The third kappa shape index (κ3) is 10.9. The Bertz CT molecular complexity index is 2760.